The van der Waals surface area contributed by atoms with E-state index in [1.54, 1.807) is 0 Å². The minimum Gasteiger partial charge on any atom is -0.352 e. The lowest BCUT2D eigenvalue weighted by molar-refractivity contribution is -0.119. The van der Waals surface area contributed by atoms with E-state index in [0.29, 0.717) is 34.1 Å². The first-order valence-corrected chi connectivity index (χ1v) is 10.8. The van der Waals surface area contributed by atoms with Crippen molar-refractivity contribution in [3.63, 3.8) is 0 Å². The Morgan fingerprint density at radius 3 is 3.00 bits per heavy atom. The molecule has 0 aliphatic heterocycles. The fraction of sp³-hybridized carbons (Fsp3) is 0.647. The molecule has 2 atom stereocenters. The van der Waals surface area contributed by atoms with Crippen molar-refractivity contribution in [2.24, 2.45) is 5.92 Å². The smallest absolute Gasteiger partial charge is 0.275 e. The fourth-order valence-electron chi connectivity index (χ4n) is 3.14. The van der Waals surface area contributed by atoms with E-state index in [-0.39, 0.29) is 11.5 Å². The number of thioether (sulfide) groups is 1. The Bertz CT molecular complexity index is 802. The van der Waals surface area contributed by atoms with Crippen LogP contribution in [0, 0.1) is 5.92 Å². The molecule has 1 aliphatic rings. The number of nitrogens with one attached hydrogen (secondary N) is 1. The number of aromatic nitrogens is 3. The van der Waals surface area contributed by atoms with Crippen LogP contribution < -0.4 is 10.9 Å². The normalized spacial score (nSPS) is 20.7. The van der Waals surface area contributed by atoms with Crippen LogP contribution in [-0.4, -0.2) is 32.3 Å². The third kappa shape index (κ3) is 4.61. The van der Waals surface area contributed by atoms with Gasteiger partial charge < -0.3 is 5.32 Å². The highest BCUT2D eigenvalue weighted by Gasteiger charge is 2.22. The zero-order valence-corrected chi connectivity index (χ0v) is 16.3. The van der Waals surface area contributed by atoms with Crippen LogP contribution in [-0.2, 0) is 17.0 Å². The summed E-state index contributed by atoms with van der Waals surface area (Å²) in [6.45, 7) is 4.22. The number of rotatable bonds is 6. The van der Waals surface area contributed by atoms with Gasteiger partial charge in [-0.2, -0.15) is 9.61 Å². The minimum absolute atomic E-state index is 0.0765. The number of hydrogen-bond acceptors (Lipinski definition) is 6. The third-order valence-electron chi connectivity index (χ3n) is 4.58. The van der Waals surface area contributed by atoms with Crippen molar-refractivity contribution < 1.29 is 4.79 Å². The van der Waals surface area contributed by atoms with Crippen LogP contribution in [0.4, 0.5) is 0 Å². The van der Waals surface area contributed by atoms with Gasteiger partial charge >= 0.3 is 0 Å². The maximum Gasteiger partial charge on any atom is 0.275 e. The second-order valence-corrected chi connectivity index (χ2v) is 8.58. The molecular formula is C17H24N4O2S2. The average molecular weight is 381 g/mol. The standard InChI is InChI=1S/C17H24N4O2S2/c1-3-15-20-21-16(23)8-12(18-17(21)25-15)9-24-10-14(22)19-13-7-5-4-6-11(13)2/h8,11,13H,3-7,9-10H2,1-2H3,(H,19,22)/t11-,13-/m0/s1. The van der Waals surface area contributed by atoms with Crippen molar-refractivity contribution >= 4 is 34.0 Å². The molecule has 1 N–H and O–H groups in total. The summed E-state index contributed by atoms with van der Waals surface area (Å²) in [4.78, 5) is 29.4. The van der Waals surface area contributed by atoms with Gasteiger partial charge in [-0.05, 0) is 25.2 Å². The van der Waals surface area contributed by atoms with Crippen LogP contribution in [0.3, 0.4) is 0 Å². The van der Waals surface area contributed by atoms with E-state index in [1.807, 2.05) is 6.92 Å². The van der Waals surface area contributed by atoms with Crippen molar-refractivity contribution in [1.82, 2.24) is 19.9 Å². The maximum atomic E-state index is 12.1. The van der Waals surface area contributed by atoms with Gasteiger partial charge in [0, 0.05) is 17.9 Å². The zero-order chi connectivity index (χ0) is 17.8. The summed E-state index contributed by atoms with van der Waals surface area (Å²) in [7, 11) is 0. The van der Waals surface area contributed by atoms with E-state index in [2.05, 4.69) is 22.3 Å². The summed E-state index contributed by atoms with van der Waals surface area (Å²) in [5.41, 5.74) is 0.553. The van der Waals surface area contributed by atoms with Crippen LogP contribution in [0.25, 0.3) is 4.96 Å². The summed E-state index contributed by atoms with van der Waals surface area (Å²) in [5.74, 6) is 1.59. The minimum atomic E-state index is -0.156. The molecule has 0 unspecified atom stereocenters. The van der Waals surface area contributed by atoms with Crippen molar-refractivity contribution in [3.05, 3.63) is 27.1 Å². The molecule has 2 heterocycles. The summed E-state index contributed by atoms with van der Waals surface area (Å²) < 4.78 is 1.36. The Hall–Kier alpha value is -1.41. The van der Waals surface area contributed by atoms with Gasteiger partial charge in [0.2, 0.25) is 10.9 Å². The highest BCUT2D eigenvalue weighted by molar-refractivity contribution is 7.99. The van der Waals surface area contributed by atoms with E-state index in [0.717, 1.165) is 17.8 Å². The SMILES string of the molecule is CCc1nn2c(=O)cc(CSCC(=O)N[C@H]3CCCC[C@@H]3C)nc2s1. The molecule has 136 valence electrons. The summed E-state index contributed by atoms with van der Waals surface area (Å²) >= 11 is 2.94. The summed E-state index contributed by atoms with van der Waals surface area (Å²) in [6.07, 6.45) is 5.53. The molecule has 1 fully saturated rings. The van der Waals surface area contributed by atoms with Crippen LogP contribution in [0.1, 0.15) is 50.2 Å². The molecule has 0 spiro atoms. The zero-order valence-electron chi connectivity index (χ0n) is 14.7. The molecule has 0 bridgehead atoms. The molecule has 1 aliphatic carbocycles. The molecule has 25 heavy (non-hydrogen) atoms. The molecule has 6 nitrogen and oxygen atoms in total. The average Bonchev–Trinajstić information content (AvgIpc) is 3.01. The predicted octanol–water partition coefficient (Wildman–Crippen LogP) is 2.64. The van der Waals surface area contributed by atoms with Gasteiger partial charge in [-0.3, -0.25) is 9.59 Å². The van der Waals surface area contributed by atoms with Crippen LogP contribution in [0.5, 0.6) is 0 Å². The van der Waals surface area contributed by atoms with Crippen LogP contribution in [0.15, 0.2) is 10.9 Å². The molecule has 1 saturated carbocycles. The number of carbonyl (C=O) groups is 1. The predicted molar refractivity (Wildman–Crippen MR) is 102 cm³/mol. The van der Waals surface area contributed by atoms with Gasteiger partial charge in [-0.25, -0.2) is 4.98 Å². The van der Waals surface area contributed by atoms with E-state index >= 15 is 0 Å². The summed E-state index contributed by atoms with van der Waals surface area (Å²) in [5, 5.41) is 8.29. The lowest BCUT2D eigenvalue weighted by Gasteiger charge is -2.29. The molecule has 0 aromatic carbocycles. The van der Waals surface area contributed by atoms with Crippen molar-refractivity contribution in [3.8, 4) is 0 Å². The first-order chi connectivity index (χ1) is 12.1. The van der Waals surface area contributed by atoms with Gasteiger partial charge in [-0.1, -0.05) is 38.0 Å². The van der Waals surface area contributed by atoms with Gasteiger partial charge in [0.15, 0.2) is 0 Å². The van der Waals surface area contributed by atoms with E-state index in [4.69, 9.17) is 0 Å². The highest BCUT2D eigenvalue weighted by Crippen LogP contribution is 2.24. The lowest BCUT2D eigenvalue weighted by Crippen LogP contribution is -2.41. The quantitative estimate of drug-likeness (QED) is 0.834. The molecule has 1 amide bonds. The van der Waals surface area contributed by atoms with E-state index < -0.39 is 0 Å². The van der Waals surface area contributed by atoms with Gasteiger partial charge in [-0.15, -0.1) is 11.8 Å². The first-order valence-electron chi connectivity index (χ1n) is 8.82. The largest absolute Gasteiger partial charge is 0.352 e. The van der Waals surface area contributed by atoms with Gasteiger partial charge in [0.25, 0.3) is 5.56 Å². The Labute approximate surface area is 155 Å². The van der Waals surface area contributed by atoms with Crippen LogP contribution >= 0.6 is 23.1 Å². The fourth-order valence-corrected chi connectivity index (χ4v) is 4.73. The molecule has 0 saturated heterocycles. The molecule has 2 aromatic heterocycles. The van der Waals surface area contributed by atoms with Gasteiger partial charge in [0.1, 0.15) is 5.01 Å². The lowest BCUT2D eigenvalue weighted by atomic mass is 9.86. The summed E-state index contributed by atoms with van der Waals surface area (Å²) in [6, 6.07) is 1.82. The molecule has 3 rings (SSSR count). The monoisotopic (exact) mass is 380 g/mol. The number of nitrogens with zero attached hydrogens (tertiary/aromatic N) is 3. The van der Waals surface area contributed by atoms with Gasteiger partial charge in [0.05, 0.1) is 11.4 Å². The van der Waals surface area contributed by atoms with Crippen LogP contribution in [0.2, 0.25) is 0 Å². The molecule has 0 radical (unpaired) electrons. The Kier molecular flexibility index (Phi) is 6.11. The number of hydrogen-bond donors (Lipinski definition) is 1. The number of aryl methyl sites for hydroxylation is 1. The Balaban J connectivity index is 1.54. The Morgan fingerprint density at radius 1 is 1.44 bits per heavy atom. The molecular weight excluding hydrogens is 356 g/mol. The molecule has 2 aromatic rings. The second-order valence-electron chi connectivity index (χ2n) is 6.56. The third-order valence-corrected chi connectivity index (χ3v) is 6.60. The maximum absolute atomic E-state index is 12.1. The van der Waals surface area contributed by atoms with E-state index in [1.165, 1.54) is 52.9 Å². The second kappa shape index (κ2) is 8.31. The number of fused-ring (bicyclic) bond motifs is 1. The van der Waals surface area contributed by atoms with Crippen molar-refractivity contribution in [1.29, 1.82) is 0 Å². The number of amides is 1. The van der Waals surface area contributed by atoms with Crippen molar-refractivity contribution in [2.45, 2.75) is 57.7 Å². The number of carbonyl (C=O) groups excluding carboxylic acids is 1. The highest BCUT2D eigenvalue weighted by atomic mass is 32.2. The van der Waals surface area contributed by atoms with E-state index in [9.17, 15) is 9.59 Å². The topological polar surface area (TPSA) is 76.4 Å². The molecule has 8 heteroatoms. The van der Waals surface area contributed by atoms with Crippen molar-refractivity contribution in [2.75, 3.05) is 5.75 Å². The first kappa shape index (κ1) is 18.4. The Morgan fingerprint density at radius 2 is 2.24 bits per heavy atom.